The number of nitrogens with zero attached hydrogens (tertiary/aromatic N) is 1. The summed E-state index contributed by atoms with van der Waals surface area (Å²) in [5.74, 6) is 0. The summed E-state index contributed by atoms with van der Waals surface area (Å²) in [5, 5.41) is 4.80. The van der Waals surface area contributed by atoms with E-state index >= 15 is 0 Å². The second kappa shape index (κ2) is 5.28. The SMILES string of the molecule is CC1(C)CN(c2ccc(Cl)c3c2CCC3)C2=CCCC[C@@H]2N1. The molecule has 1 atom stereocenters. The van der Waals surface area contributed by atoms with Crippen LogP contribution in [0.15, 0.2) is 23.9 Å². The lowest BCUT2D eigenvalue weighted by atomic mass is 9.88. The van der Waals surface area contributed by atoms with Crippen LogP contribution in [0.1, 0.15) is 50.7 Å². The van der Waals surface area contributed by atoms with Crippen molar-refractivity contribution in [3.63, 3.8) is 0 Å². The van der Waals surface area contributed by atoms with Crippen LogP contribution < -0.4 is 10.2 Å². The maximum absolute atomic E-state index is 6.43. The van der Waals surface area contributed by atoms with E-state index in [4.69, 9.17) is 11.6 Å². The quantitative estimate of drug-likeness (QED) is 0.823. The fourth-order valence-electron chi connectivity index (χ4n) is 4.43. The van der Waals surface area contributed by atoms with Crippen molar-refractivity contribution < 1.29 is 0 Å². The minimum Gasteiger partial charge on any atom is -0.342 e. The number of hydrogen-bond donors (Lipinski definition) is 1. The first-order valence-electron chi connectivity index (χ1n) is 8.61. The van der Waals surface area contributed by atoms with Crippen molar-refractivity contribution in [3.8, 4) is 0 Å². The van der Waals surface area contributed by atoms with Crippen molar-refractivity contribution in [2.24, 2.45) is 0 Å². The van der Waals surface area contributed by atoms with E-state index < -0.39 is 0 Å². The first-order chi connectivity index (χ1) is 10.6. The lowest BCUT2D eigenvalue weighted by Gasteiger charge is -2.48. The number of benzene rings is 1. The second-order valence-corrected chi connectivity index (χ2v) is 8.01. The minimum absolute atomic E-state index is 0.143. The molecule has 22 heavy (non-hydrogen) atoms. The van der Waals surface area contributed by atoms with E-state index in [0.29, 0.717) is 6.04 Å². The summed E-state index contributed by atoms with van der Waals surface area (Å²) in [6.07, 6.45) is 9.76. The molecule has 1 saturated heterocycles. The summed E-state index contributed by atoms with van der Waals surface area (Å²) < 4.78 is 0. The summed E-state index contributed by atoms with van der Waals surface area (Å²) in [4.78, 5) is 2.58. The Morgan fingerprint density at radius 3 is 2.86 bits per heavy atom. The third kappa shape index (κ3) is 2.37. The molecule has 1 aromatic carbocycles. The zero-order valence-electron chi connectivity index (χ0n) is 13.6. The zero-order valence-corrected chi connectivity index (χ0v) is 14.3. The van der Waals surface area contributed by atoms with Crippen LogP contribution in [0.4, 0.5) is 5.69 Å². The lowest BCUT2D eigenvalue weighted by molar-refractivity contribution is 0.300. The van der Waals surface area contributed by atoms with E-state index in [1.165, 1.54) is 54.6 Å². The van der Waals surface area contributed by atoms with Gasteiger partial charge in [0, 0.05) is 34.5 Å². The van der Waals surface area contributed by atoms with Gasteiger partial charge in [0.1, 0.15) is 0 Å². The molecule has 0 saturated carbocycles. The zero-order chi connectivity index (χ0) is 15.3. The highest BCUT2D eigenvalue weighted by atomic mass is 35.5. The van der Waals surface area contributed by atoms with Gasteiger partial charge < -0.3 is 10.2 Å². The Kier molecular flexibility index (Phi) is 3.50. The summed E-state index contributed by atoms with van der Waals surface area (Å²) in [6.45, 7) is 5.67. The maximum Gasteiger partial charge on any atom is 0.0476 e. The van der Waals surface area contributed by atoms with Crippen LogP contribution in [0.2, 0.25) is 5.02 Å². The van der Waals surface area contributed by atoms with Crippen LogP contribution in [0.5, 0.6) is 0 Å². The fourth-order valence-corrected chi connectivity index (χ4v) is 4.70. The second-order valence-electron chi connectivity index (χ2n) is 7.60. The Bertz CT molecular complexity index is 633. The number of hydrogen-bond acceptors (Lipinski definition) is 2. The van der Waals surface area contributed by atoms with Crippen LogP contribution in [0.3, 0.4) is 0 Å². The molecule has 0 radical (unpaired) electrons. The molecule has 1 N–H and O–H groups in total. The Labute approximate surface area is 138 Å². The van der Waals surface area contributed by atoms with Gasteiger partial charge >= 0.3 is 0 Å². The Hall–Kier alpha value is -0.990. The summed E-state index contributed by atoms with van der Waals surface area (Å²) in [7, 11) is 0. The van der Waals surface area contributed by atoms with Crippen molar-refractivity contribution >= 4 is 17.3 Å². The third-order valence-corrected chi connectivity index (χ3v) is 5.69. The predicted molar refractivity (Wildman–Crippen MR) is 93.8 cm³/mol. The molecule has 118 valence electrons. The molecule has 1 heterocycles. The highest BCUT2D eigenvalue weighted by Crippen LogP contribution is 2.40. The molecule has 1 fully saturated rings. The summed E-state index contributed by atoms with van der Waals surface area (Å²) >= 11 is 6.43. The molecule has 0 bridgehead atoms. The van der Waals surface area contributed by atoms with Gasteiger partial charge in [-0.1, -0.05) is 17.7 Å². The molecular weight excluding hydrogens is 292 g/mol. The van der Waals surface area contributed by atoms with Gasteiger partial charge in [-0.25, -0.2) is 0 Å². The van der Waals surface area contributed by atoms with Crippen molar-refractivity contribution in [2.75, 3.05) is 11.4 Å². The Balaban J connectivity index is 1.80. The van der Waals surface area contributed by atoms with Crippen LogP contribution >= 0.6 is 11.6 Å². The van der Waals surface area contributed by atoms with E-state index in [-0.39, 0.29) is 5.54 Å². The first kappa shape index (κ1) is 14.6. The monoisotopic (exact) mass is 316 g/mol. The van der Waals surface area contributed by atoms with Gasteiger partial charge in [0.05, 0.1) is 0 Å². The number of rotatable bonds is 1. The number of fused-ring (bicyclic) bond motifs is 2. The highest BCUT2D eigenvalue weighted by Gasteiger charge is 2.37. The molecule has 4 rings (SSSR count). The van der Waals surface area contributed by atoms with Gasteiger partial charge in [0.15, 0.2) is 0 Å². The van der Waals surface area contributed by atoms with Crippen molar-refractivity contribution in [3.05, 3.63) is 40.1 Å². The van der Waals surface area contributed by atoms with E-state index in [9.17, 15) is 0 Å². The fraction of sp³-hybridized carbons (Fsp3) is 0.579. The minimum atomic E-state index is 0.143. The van der Waals surface area contributed by atoms with Crippen LogP contribution in [0, 0.1) is 0 Å². The molecule has 3 aliphatic rings. The number of allylic oxidation sites excluding steroid dienone is 1. The molecular formula is C19H25ClN2. The average molecular weight is 317 g/mol. The molecule has 2 nitrogen and oxygen atoms in total. The Morgan fingerprint density at radius 1 is 1.18 bits per heavy atom. The largest absolute Gasteiger partial charge is 0.342 e. The smallest absolute Gasteiger partial charge is 0.0476 e. The van der Waals surface area contributed by atoms with Crippen LogP contribution in [-0.4, -0.2) is 18.1 Å². The molecule has 2 aliphatic carbocycles. The Morgan fingerprint density at radius 2 is 2.00 bits per heavy atom. The van der Waals surface area contributed by atoms with Crippen LogP contribution in [-0.2, 0) is 12.8 Å². The van der Waals surface area contributed by atoms with E-state index in [0.717, 1.165) is 18.0 Å². The number of halogens is 1. The summed E-state index contributed by atoms with van der Waals surface area (Å²) in [6, 6.07) is 4.86. The molecule has 1 aliphatic heterocycles. The molecule has 0 spiro atoms. The topological polar surface area (TPSA) is 15.3 Å². The first-order valence-corrected chi connectivity index (χ1v) is 8.98. The maximum atomic E-state index is 6.43. The molecule has 3 heteroatoms. The van der Waals surface area contributed by atoms with E-state index in [1.54, 1.807) is 0 Å². The van der Waals surface area contributed by atoms with Gasteiger partial charge in [-0.15, -0.1) is 0 Å². The van der Waals surface area contributed by atoms with Gasteiger partial charge in [0.25, 0.3) is 0 Å². The van der Waals surface area contributed by atoms with Crippen molar-refractivity contribution in [1.82, 2.24) is 5.32 Å². The number of piperazine rings is 1. The van der Waals surface area contributed by atoms with Crippen LogP contribution in [0.25, 0.3) is 0 Å². The van der Waals surface area contributed by atoms with Gasteiger partial charge in [-0.3, -0.25) is 0 Å². The highest BCUT2D eigenvalue weighted by molar-refractivity contribution is 6.31. The summed E-state index contributed by atoms with van der Waals surface area (Å²) in [5.41, 5.74) is 5.93. The van der Waals surface area contributed by atoms with Gasteiger partial charge in [-0.05, 0) is 75.6 Å². The molecule has 0 aromatic heterocycles. The standard InChI is InChI=1S/C19H25ClN2/c1-19(2)12-22(18-9-4-3-8-16(18)21-19)17-11-10-15(20)13-6-5-7-14(13)17/h9-11,16,21H,3-8,12H2,1-2H3/t16-/m0/s1. The third-order valence-electron chi connectivity index (χ3n) is 5.33. The van der Waals surface area contributed by atoms with Gasteiger partial charge in [0.2, 0.25) is 0 Å². The predicted octanol–water partition coefficient (Wildman–Crippen LogP) is 4.45. The average Bonchev–Trinajstić information content (AvgIpc) is 2.96. The van der Waals surface area contributed by atoms with E-state index in [1.807, 2.05) is 0 Å². The molecule has 0 unspecified atom stereocenters. The van der Waals surface area contributed by atoms with Crippen molar-refractivity contribution in [1.29, 1.82) is 0 Å². The molecule has 0 amide bonds. The lowest BCUT2D eigenvalue weighted by Crippen LogP contribution is -2.61. The van der Waals surface area contributed by atoms with Crippen molar-refractivity contribution in [2.45, 2.75) is 64.0 Å². The van der Waals surface area contributed by atoms with E-state index in [2.05, 4.69) is 42.3 Å². The molecule has 1 aromatic rings. The van der Waals surface area contributed by atoms with Gasteiger partial charge in [-0.2, -0.15) is 0 Å². The number of nitrogens with one attached hydrogen (secondary N) is 1. The number of anilines is 1. The normalized spacial score (nSPS) is 26.4.